The Labute approximate surface area is 175 Å². The van der Waals surface area contributed by atoms with Crippen molar-refractivity contribution in [3.05, 3.63) is 75.7 Å². The first-order valence-corrected chi connectivity index (χ1v) is 10.1. The van der Waals surface area contributed by atoms with Crippen molar-refractivity contribution in [3.8, 4) is 0 Å². The van der Waals surface area contributed by atoms with Crippen LogP contribution < -0.4 is 10.9 Å². The van der Waals surface area contributed by atoms with Crippen molar-refractivity contribution in [2.45, 2.75) is 26.4 Å². The van der Waals surface area contributed by atoms with Crippen molar-refractivity contribution in [3.63, 3.8) is 0 Å². The van der Waals surface area contributed by atoms with Crippen LogP contribution in [0.3, 0.4) is 0 Å². The maximum absolute atomic E-state index is 12.7. The normalized spacial score (nSPS) is 12.3. The van der Waals surface area contributed by atoms with E-state index < -0.39 is 0 Å². The average Bonchev–Trinajstić information content (AvgIpc) is 2.74. The fourth-order valence-corrected chi connectivity index (χ4v) is 3.80. The maximum Gasteiger partial charge on any atom is 0.269 e. The minimum Gasteiger partial charge on any atom is -0.353 e. The lowest BCUT2D eigenvalue weighted by Gasteiger charge is -2.31. The Balaban J connectivity index is 1.79. The minimum absolute atomic E-state index is 0.0476. The van der Waals surface area contributed by atoms with E-state index in [4.69, 9.17) is 11.6 Å². The van der Waals surface area contributed by atoms with E-state index in [1.807, 2.05) is 42.5 Å². The molecule has 1 N–H and O–H groups in total. The van der Waals surface area contributed by atoms with Gasteiger partial charge in [0.2, 0.25) is 5.91 Å². The molecule has 0 aliphatic rings. The third kappa shape index (κ3) is 4.83. The number of nitrogens with zero attached hydrogens (tertiary/aromatic N) is 3. The molecule has 6 nitrogen and oxygen atoms in total. The Bertz CT molecular complexity index is 1050. The molecule has 3 aromatic rings. The molecule has 1 aromatic heterocycles. The fourth-order valence-electron chi connectivity index (χ4n) is 3.53. The zero-order chi connectivity index (χ0) is 20.8. The minimum atomic E-state index is -0.301. The van der Waals surface area contributed by atoms with Gasteiger partial charge < -0.3 is 5.32 Å². The molecule has 0 spiro atoms. The number of carbonyl (C=O) groups is 1. The van der Waals surface area contributed by atoms with Gasteiger partial charge in [-0.15, -0.1) is 0 Å². The second-order valence-corrected chi connectivity index (χ2v) is 7.14. The lowest BCUT2D eigenvalue weighted by molar-refractivity contribution is -0.121. The van der Waals surface area contributed by atoms with E-state index in [0.29, 0.717) is 22.6 Å². The highest BCUT2D eigenvalue weighted by atomic mass is 35.5. The summed E-state index contributed by atoms with van der Waals surface area (Å²) >= 11 is 6.42. The van der Waals surface area contributed by atoms with E-state index in [1.54, 1.807) is 6.07 Å². The highest BCUT2D eigenvalue weighted by molar-refractivity contribution is 6.31. The number of hydrogen-bond acceptors (Lipinski definition) is 4. The monoisotopic (exact) mass is 412 g/mol. The number of likely N-dealkylation sites (N-methyl/N-ethyl adjacent to an activating group) is 1. The van der Waals surface area contributed by atoms with Crippen LogP contribution in [0.5, 0.6) is 0 Å². The van der Waals surface area contributed by atoms with E-state index in [0.717, 1.165) is 18.7 Å². The number of benzene rings is 2. The van der Waals surface area contributed by atoms with Crippen molar-refractivity contribution in [1.82, 2.24) is 19.8 Å². The zero-order valence-corrected chi connectivity index (χ0v) is 17.4. The van der Waals surface area contributed by atoms with Crippen LogP contribution in [0.4, 0.5) is 0 Å². The van der Waals surface area contributed by atoms with E-state index in [1.165, 1.54) is 10.8 Å². The Kier molecular flexibility index (Phi) is 7.01. The molecule has 7 heteroatoms. The highest BCUT2D eigenvalue weighted by Gasteiger charge is 2.21. The summed E-state index contributed by atoms with van der Waals surface area (Å²) in [6, 6.07) is 14.9. The van der Waals surface area contributed by atoms with Crippen LogP contribution in [0, 0.1) is 0 Å². The molecule has 1 amide bonds. The van der Waals surface area contributed by atoms with Crippen molar-refractivity contribution in [2.75, 3.05) is 19.6 Å². The van der Waals surface area contributed by atoms with Crippen molar-refractivity contribution < 1.29 is 4.79 Å². The molecule has 0 aliphatic heterocycles. The first-order valence-electron chi connectivity index (χ1n) is 9.74. The maximum atomic E-state index is 12.7. The van der Waals surface area contributed by atoms with Gasteiger partial charge in [0.1, 0.15) is 6.54 Å². The van der Waals surface area contributed by atoms with Crippen LogP contribution in [0.2, 0.25) is 5.02 Å². The molecule has 0 saturated heterocycles. The molecule has 2 aromatic carbocycles. The summed E-state index contributed by atoms with van der Waals surface area (Å²) in [5.41, 5.74) is 1.99. The number of halogens is 1. The third-order valence-corrected chi connectivity index (χ3v) is 5.41. The molecule has 0 radical (unpaired) electrons. The molecule has 0 saturated carbocycles. The summed E-state index contributed by atoms with van der Waals surface area (Å²) in [6.07, 6.45) is 1.25. The average molecular weight is 413 g/mol. The smallest absolute Gasteiger partial charge is 0.269 e. The van der Waals surface area contributed by atoms with Gasteiger partial charge in [0.05, 0.1) is 23.3 Å². The zero-order valence-electron chi connectivity index (χ0n) is 16.6. The number of carbonyl (C=O) groups excluding carboxylic acids is 1. The molecule has 152 valence electrons. The number of rotatable bonds is 8. The molecular weight excluding hydrogens is 388 g/mol. The molecule has 0 fully saturated rings. The van der Waals surface area contributed by atoms with E-state index in [9.17, 15) is 9.59 Å². The van der Waals surface area contributed by atoms with Gasteiger partial charge in [-0.25, -0.2) is 4.98 Å². The predicted molar refractivity (Wildman–Crippen MR) is 116 cm³/mol. The van der Waals surface area contributed by atoms with E-state index in [-0.39, 0.29) is 24.1 Å². The Morgan fingerprint density at radius 1 is 1.14 bits per heavy atom. The standard InChI is InChI=1S/C22H25ClN4O2/c1-3-26(4-2)20(16-9-5-6-10-17(16)23)13-25-21(28)15-27-19-12-8-7-11-18(19)24-14-22(27)29/h5-12,14,20H,3-4,13,15H2,1-2H3,(H,25,28)/t20-/m0/s1. The summed E-state index contributed by atoms with van der Waals surface area (Å²) < 4.78 is 1.44. The van der Waals surface area contributed by atoms with Crippen LogP contribution in [0.15, 0.2) is 59.5 Å². The van der Waals surface area contributed by atoms with E-state index in [2.05, 4.69) is 29.0 Å². The van der Waals surface area contributed by atoms with Gasteiger partial charge in [0, 0.05) is 11.6 Å². The SMILES string of the molecule is CCN(CC)[C@@H](CNC(=O)Cn1c(=O)cnc2ccccc21)c1ccccc1Cl. The van der Waals surface area contributed by atoms with Crippen molar-refractivity contribution in [2.24, 2.45) is 0 Å². The second kappa shape index (κ2) is 9.67. The molecule has 1 atom stereocenters. The van der Waals surface area contributed by atoms with Crippen LogP contribution in [0.1, 0.15) is 25.5 Å². The first kappa shape index (κ1) is 21.0. The third-order valence-electron chi connectivity index (χ3n) is 5.06. The van der Waals surface area contributed by atoms with Crippen LogP contribution in [-0.4, -0.2) is 40.0 Å². The number of amides is 1. The number of aromatic nitrogens is 2. The molecule has 1 heterocycles. The summed E-state index contributed by atoms with van der Waals surface area (Å²) in [4.78, 5) is 31.3. The van der Waals surface area contributed by atoms with Gasteiger partial charge in [-0.2, -0.15) is 0 Å². The van der Waals surface area contributed by atoms with Crippen LogP contribution in [0.25, 0.3) is 11.0 Å². The topological polar surface area (TPSA) is 67.2 Å². The lowest BCUT2D eigenvalue weighted by atomic mass is 10.0. The lowest BCUT2D eigenvalue weighted by Crippen LogP contribution is -2.40. The number of fused-ring (bicyclic) bond motifs is 1. The van der Waals surface area contributed by atoms with Gasteiger partial charge in [-0.1, -0.05) is 55.8 Å². The fraction of sp³-hybridized carbons (Fsp3) is 0.318. The van der Waals surface area contributed by atoms with Crippen molar-refractivity contribution >= 4 is 28.5 Å². The van der Waals surface area contributed by atoms with Crippen LogP contribution in [-0.2, 0) is 11.3 Å². The molecule has 0 unspecified atom stereocenters. The molecule has 0 bridgehead atoms. The largest absolute Gasteiger partial charge is 0.353 e. The quantitative estimate of drug-likeness (QED) is 0.616. The van der Waals surface area contributed by atoms with Crippen molar-refractivity contribution in [1.29, 1.82) is 0 Å². The van der Waals surface area contributed by atoms with Crippen LogP contribution >= 0.6 is 11.6 Å². The molecule has 0 aliphatic carbocycles. The number of nitrogens with one attached hydrogen (secondary N) is 1. The van der Waals surface area contributed by atoms with Gasteiger partial charge in [0.25, 0.3) is 5.56 Å². The summed E-state index contributed by atoms with van der Waals surface area (Å²) in [5, 5.41) is 3.65. The van der Waals surface area contributed by atoms with Gasteiger partial charge in [0.15, 0.2) is 0 Å². The Morgan fingerprint density at radius 2 is 1.83 bits per heavy atom. The number of hydrogen-bond donors (Lipinski definition) is 1. The summed E-state index contributed by atoms with van der Waals surface area (Å²) in [6.45, 7) is 6.17. The van der Waals surface area contributed by atoms with Gasteiger partial charge in [-0.05, 0) is 36.9 Å². The molecule has 3 rings (SSSR count). The highest BCUT2D eigenvalue weighted by Crippen LogP contribution is 2.26. The number of para-hydroxylation sites is 2. The predicted octanol–water partition coefficient (Wildman–Crippen LogP) is 3.25. The van der Waals surface area contributed by atoms with E-state index >= 15 is 0 Å². The second-order valence-electron chi connectivity index (χ2n) is 6.73. The Hall–Kier alpha value is -2.70. The Morgan fingerprint density at radius 3 is 2.55 bits per heavy atom. The first-order chi connectivity index (χ1) is 14.0. The molecular formula is C22H25ClN4O2. The molecule has 29 heavy (non-hydrogen) atoms. The summed E-state index contributed by atoms with van der Waals surface area (Å²) in [5.74, 6) is -0.229. The summed E-state index contributed by atoms with van der Waals surface area (Å²) in [7, 11) is 0. The van der Waals surface area contributed by atoms with Gasteiger partial charge >= 0.3 is 0 Å². The van der Waals surface area contributed by atoms with Gasteiger partial charge in [-0.3, -0.25) is 19.1 Å².